The predicted molar refractivity (Wildman–Crippen MR) is 64.6 cm³/mol. The number of terminal acetylenes is 1. The number of ether oxygens (including phenoxy) is 1. The van der Waals surface area contributed by atoms with E-state index in [2.05, 4.69) is 22.8 Å². The van der Waals surface area contributed by atoms with Crippen molar-refractivity contribution in [2.45, 2.75) is 39.2 Å². The number of hydrogen-bond donors (Lipinski definition) is 0. The van der Waals surface area contributed by atoms with Gasteiger partial charge >= 0.3 is 0 Å². The van der Waals surface area contributed by atoms with Gasteiger partial charge < -0.3 is 4.74 Å². The van der Waals surface area contributed by atoms with E-state index < -0.39 is 5.60 Å². The Labute approximate surface area is 101 Å². The molecule has 3 nitrogen and oxygen atoms in total. The largest absolute Gasteiger partial charge is 0.458 e. The summed E-state index contributed by atoms with van der Waals surface area (Å²) in [5, 5.41) is 0.376. The topological polar surface area (TPSA) is 35.0 Å². The SMILES string of the molecule is C#CC(C)(C)Oc1cc(Cl)nc(CCC)n1. The van der Waals surface area contributed by atoms with Gasteiger partial charge in [-0.05, 0) is 20.3 Å². The van der Waals surface area contributed by atoms with Crippen molar-refractivity contribution in [3.8, 4) is 18.2 Å². The zero-order chi connectivity index (χ0) is 12.2. The van der Waals surface area contributed by atoms with Gasteiger partial charge in [0.1, 0.15) is 11.0 Å². The van der Waals surface area contributed by atoms with Gasteiger partial charge in [-0.2, -0.15) is 4.98 Å². The summed E-state index contributed by atoms with van der Waals surface area (Å²) >= 11 is 5.88. The Morgan fingerprint density at radius 2 is 2.19 bits per heavy atom. The van der Waals surface area contributed by atoms with Gasteiger partial charge in [-0.1, -0.05) is 24.4 Å². The van der Waals surface area contributed by atoms with Gasteiger partial charge in [-0.25, -0.2) is 4.98 Å². The van der Waals surface area contributed by atoms with E-state index in [1.165, 1.54) is 0 Å². The van der Waals surface area contributed by atoms with Crippen LogP contribution in [0.3, 0.4) is 0 Å². The molecule has 0 fully saturated rings. The molecule has 0 amide bonds. The number of aromatic nitrogens is 2. The van der Waals surface area contributed by atoms with Crippen LogP contribution >= 0.6 is 11.6 Å². The maximum atomic E-state index is 5.88. The molecule has 86 valence electrons. The molecule has 0 radical (unpaired) electrons. The van der Waals surface area contributed by atoms with Crippen molar-refractivity contribution in [3.05, 3.63) is 17.0 Å². The average Bonchev–Trinajstić information content (AvgIpc) is 2.16. The lowest BCUT2D eigenvalue weighted by atomic mass is 10.1. The number of hydrogen-bond acceptors (Lipinski definition) is 3. The van der Waals surface area contributed by atoms with E-state index >= 15 is 0 Å². The fourth-order valence-electron chi connectivity index (χ4n) is 1.12. The summed E-state index contributed by atoms with van der Waals surface area (Å²) in [5.41, 5.74) is -0.693. The molecule has 0 aliphatic heterocycles. The summed E-state index contributed by atoms with van der Waals surface area (Å²) < 4.78 is 5.55. The zero-order valence-electron chi connectivity index (χ0n) is 9.75. The predicted octanol–water partition coefficient (Wildman–Crippen LogP) is 2.87. The van der Waals surface area contributed by atoms with Crippen LogP contribution in [0.25, 0.3) is 0 Å². The van der Waals surface area contributed by atoms with E-state index in [1.807, 2.05) is 0 Å². The molecule has 1 heterocycles. The molecule has 0 saturated carbocycles. The first-order valence-electron chi connectivity index (χ1n) is 5.17. The highest BCUT2D eigenvalue weighted by molar-refractivity contribution is 6.29. The van der Waals surface area contributed by atoms with Crippen LogP contribution in [0.4, 0.5) is 0 Å². The number of halogens is 1. The van der Waals surface area contributed by atoms with E-state index in [0.717, 1.165) is 12.8 Å². The van der Waals surface area contributed by atoms with Crippen LogP contribution in [0.15, 0.2) is 6.07 Å². The highest BCUT2D eigenvalue weighted by atomic mass is 35.5. The van der Waals surface area contributed by atoms with E-state index in [1.54, 1.807) is 19.9 Å². The van der Waals surface area contributed by atoms with Crippen molar-refractivity contribution >= 4 is 11.6 Å². The molecule has 0 bridgehead atoms. The highest BCUT2D eigenvalue weighted by Gasteiger charge is 2.17. The van der Waals surface area contributed by atoms with Crippen LogP contribution in [0.5, 0.6) is 5.88 Å². The van der Waals surface area contributed by atoms with Crippen LogP contribution in [0, 0.1) is 12.3 Å². The molecule has 4 heteroatoms. The first-order valence-corrected chi connectivity index (χ1v) is 5.55. The van der Waals surface area contributed by atoms with Crippen LogP contribution in [0.1, 0.15) is 33.0 Å². The number of nitrogens with zero attached hydrogens (tertiary/aromatic N) is 2. The van der Waals surface area contributed by atoms with E-state index in [4.69, 9.17) is 22.8 Å². The Bertz CT molecular complexity index is 410. The van der Waals surface area contributed by atoms with Gasteiger partial charge in [-0.15, -0.1) is 6.42 Å². The molecule has 0 aromatic carbocycles. The van der Waals surface area contributed by atoms with Gasteiger partial charge in [0.25, 0.3) is 0 Å². The smallest absolute Gasteiger partial charge is 0.219 e. The molecule has 0 unspecified atom stereocenters. The monoisotopic (exact) mass is 238 g/mol. The quantitative estimate of drug-likeness (QED) is 0.598. The van der Waals surface area contributed by atoms with E-state index in [0.29, 0.717) is 16.9 Å². The lowest BCUT2D eigenvalue weighted by molar-refractivity contribution is 0.164. The Morgan fingerprint density at radius 1 is 1.50 bits per heavy atom. The molecule has 0 spiro atoms. The molecule has 0 N–H and O–H groups in total. The molecular weight excluding hydrogens is 224 g/mol. The van der Waals surface area contributed by atoms with Crippen molar-refractivity contribution in [1.29, 1.82) is 0 Å². The van der Waals surface area contributed by atoms with Crippen LogP contribution < -0.4 is 4.74 Å². The highest BCUT2D eigenvalue weighted by Crippen LogP contribution is 2.19. The maximum Gasteiger partial charge on any atom is 0.219 e. The Balaban J connectivity index is 2.93. The normalized spacial score (nSPS) is 10.9. The van der Waals surface area contributed by atoms with Crippen molar-refractivity contribution in [1.82, 2.24) is 9.97 Å². The minimum atomic E-state index is -0.693. The van der Waals surface area contributed by atoms with Gasteiger partial charge in [0.15, 0.2) is 5.60 Å². The summed E-state index contributed by atoms with van der Waals surface area (Å²) in [6.45, 7) is 5.64. The average molecular weight is 239 g/mol. The third-order valence-corrected chi connectivity index (χ3v) is 2.09. The lowest BCUT2D eigenvalue weighted by Crippen LogP contribution is -2.26. The molecule has 0 atom stereocenters. The second-order valence-corrected chi connectivity index (χ2v) is 4.34. The van der Waals surface area contributed by atoms with Gasteiger partial charge in [-0.3, -0.25) is 0 Å². The molecule has 0 aliphatic rings. The Kier molecular flexibility index (Phi) is 4.14. The van der Waals surface area contributed by atoms with Crippen molar-refractivity contribution < 1.29 is 4.74 Å². The molecule has 1 aromatic rings. The van der Waals surface area contributed by atoms with E-state index in [-0.39, 0.29) is 0 Å². The molecule has 16 heavy (non-hydrogen) atoms. The standard InChI is InChI=1S/C12H15ClN2O/c1-5-7-10-14-9(13)8-11(15-10)16-12(3,4)6-2/h2,8H,5,7H2,1,3-4H3. The first kappa shape index (κ1) is 12.8. The van der Waals surface area contributed by atoms with Gasteiger partial charge in [0.05, 0.1) is 0 Å². The number of rotatable bonds is 4. The molecule has 1 rings (SSSR count). The lowest BCUT2D eigenvalue weighted by Gasteiger charge is -2.19. The second-order valence-electron chi connectivity index (χ2n) is 3.95. The Hall–Kier alpha value is -1.27. The third-order valence-electron chi connectivity index (χ3n) is 1.90. The molecule has 0 aliphatic carbocycles. The first-order chi connectivity index (χ1) is 7.46. The molecule has 0 saturated heterocycles. The van der Waals surface area contributed by atoms with E-state index in [9.17, 15) is 0 Å². The summed E-state index contributed by atoms with van der Waals surface area (Å²) in [4.78, 5) is 8.35. The maximum absolute atomic E-state index is 5.88. The summed E-state index contributed by atoms with van der Waals surface area (Å²) in [6.07, 6.45) is 7.07. The molecular formula is C12H15ClN2O. The summed E-state index contributed by atoms with van der Waals surface area (Å²) in [7, 11) is 0. The summed E-state index contributed by atoms with van der Waals surface area (Å²) in [5.74, 6) is 3.64. The second kappa shape index (κ2) is 5.18. The van der Waals surface area contributed by atoms with Crippen LogP contribution in [-0.4, -0.2) is 15.6 Å². The van der Waals surface area contributed by atoms with Crippen LogP contribution in [-0.2, 0) is 6.42 Å². The minimum Gasteiger partial charge on any atom is -0.458 e. The molecule has 1 aromatic heterocycles. The fraction of sp³-hybridized carbons (Fsp3) is 0.500. The van der Waals surface area contributed by atoms with Crippen molar-refractivity contribution in [2.75, 3.05) is 0 Å². The van der Waals surface area contributed by atoms with Crippen molar-refractivity contribution in [2.24, 2.45) is 0 Å². The zero-order valence-corrected chi connectivity index (χ0v) is 10.5. The summed E-state index contributed by atoms with van der Waals surface area (Å²) in [6, 6.07) is 1.57. The number of aryl methyl sites for hydroxylation is 1. The van der Waals surface area contributed by atoms with Gasteiger partial charge in [0, 0.05) is 12.5 Å². The van der Waals surface area contributed by atoms with Crippen molar-refractivity contribution in [3.63, 3.8) is 0 Å². The fourth-order valence-corrected chi connectivity index (χ4v) is 1.31. The van der Waals surface area contributed by atoms with Gasteiger partial charge in [0.2, 0.25) is 5.88 Å². The Morgan fingerprint density at radius 3 is 2.75 bits per heavy atom. The third kappa shape index (κ3) is 3.71. The van der Waals surface area contributed by atoms with Crippen LogP contribution in [0.2, 0.25) is 5.15 Å². The minimum absolute atomic E-state index is 0.376.